The van der Waals surface area contributed by atoms with Crippen LogP contribution in [0.15, 0.2) is 30.3 Å². The molecule has 7 heteroatoms. The maximum atomic E-state index is 12.3. The zero-order chi connectivity index (χ0) is 18.1. The first kappa shape index (κ1) is 19.6. The highest BCUT2D eigenvalue weighted by Gasteiger charge is 2.32. The number of unbranched alkanes of at least 4 members (excludes halogenated alkanes) is 2. The Morgan fingerprint density at radius 1 is 1.04 bits per heavy atom. The van der Waals surface area contributed by atoms with Crippen LogP contribution < -0.4 is 4.90 Å². The van der Waals surface area contributed by atoms with Crippen LogP contribution >= 0.6 is 0 Å². The average Bonchev–Trinajstić information content (AvgIpc) is 2.53. The molecule has 0 saturated carbocycles. The first-order valence-electron chi connectivity index (χ1n) is 7.85. The molecule has 0 saturated heterocycles. The molecule has 2 unspecified atom stereocenters. The molecule has 3 N–H and O–H groups in total. The number of amides is 1. The number of carboxylic acid groups (broad SMARTS) is 2. The van der Waals surface area contributed by atoms with Crippen molar-refractivity contribution in [3.63, 3.8) is 0 Å². The summed E-state index contributed by atoms with van der Waals surface area (Å²) < 4.78 is 0. The van der Waals surface area contributed by atoms with Gasteiger partial charge in [-0.3, -0.25) is 14.5 Å². The van der Waals surface area contributed by atoms with E-state index in [1.807, 2.05) is 0 Å². The van der Waals surface area contributed by atoms with Crippen molar-refractivity contribution < 1.29 is 29.7 Å². The second-order valence-electron chi connectivity index (χ2n) is 5.57. The molecule has 2 atom stereocenters. The van der Waals surface area contributed by atoms with Gasteiger partial charge in [-0.2, -0.15) is 0 Å². The first-order chi connectivity index (χ1) is 11.3. The zero-order valence-electron chi connectivity index (χ0n) is 13.6. The van der Waals surface area contributed by atoms with Crippen LogP contribution in [0.1, 0.15) is 39.0 Å². The zero-order valence-corrected chi connectivity index (χ0v) is 13.6. The Hall–Kier alpha value is -2.41. The predicted octanol–water partition coefficient (Wildman–Crippen LogP) is 1.89. The Balaban J connectivity index is 2.87. The standard InChI is InChI=1S/C17H23NO6/c1-12(19)16(22)18(13-8-4-2-5-9-13)14(17(23)24)10-6-3-7-11-15(20)21/h2,4-5,8-9,12,14,19H,3,6-7,10-11H2,1H3,(H,20,21)(H,23,24). The van der Waals surface area contributed by atoms with Crippen molar-refractivity contribution in [1.82, 2.24) is 0 Å². The minimum Gasteiger partial charge on any atom is -0.481 e. The number of benzene rings is 1. The second kappa shape index (κ2) is 9.67. The van der Waals surface area contributed by atoms with Crippen molar-refractivity contribution >= 4 is 23.5 Å². The summed E-state index contributed by atoms with van der Waals surface area (Å²) in [5.74, 6) is -2.73. The number of anilines is 1. The van der Waals surface area contributed by atoms with Gasteiger partial charge in [0, 0.05) is 12.1 Å². The Morgan fingerprint density at radius 2 is 1.67 bits per heavy atom. The highest BCUT2D eigenvalue weighted by Crippen LogP contribution is 2.22. The van der Waals surface area contributed by atoms with Crippen molar-refractivity contribution in [1.29, 1.82) is 0 Å². The van der Waals surface area contributed by atoms with E-state index in [4.69, 9.17) is 5.11 Å². The van der Waals surface area contributed by atoms with Crippen molar-refractivity contribution in [3.8, 4) is 0 Å². The number of aliphatic hydroxyl groups excluding tert-OH is 1. The van der Waals surface area contributed by atoms with Crippen LogP contribution in [0.2, 0.25) is 0 Å². The molecule has 0 fully saturated rings. The molecule has 0 aliphatic carbocycles. The lowest BCUT2D eigenvalue weighted by atomic mass is 10.0. The van der Waals surface area contributed by atoms with Gasteiger partial charge in [0.1, 0.15) is 12.1 Å². The van der Waals surface area contributed by atoms with E-state index in [-0.39, 0.29) is 12.8 Å². The molecule has 0 aliphatic heterocycles. The number of carbonyl (C=O) groups is 3. The smallest absolute Gasteiger partial charge is 0.326 e. The number of carbonyl (C=O) groups excluding carboxylic acids is 1. The van der Waals surface area contributed by atoms with E-state index in [0.717, 1.165) is 4.90 Å². The number of hydrogen-bond acceptors (Lipinski definition) is 4. The Bertz CT molecular complexity index is 557. The number of para-hydroxylation sites is 1. The fraction of sp³-hybridized carbons (Fsp3) is 0.471. The Kier molecular flexibility index (Phi) is 7.91. The summed E-state index contributed by atoms with van der Waals surface area (Å²) in [6, 6.07) is 7.23. The van der Waals surface area contributed by atoms with E-state index in [9.17, 15) is 24.6 Å². The predicted molar refractivity (Wildman–Crippen MR) is 87.8 cm³/mol. The molecular weight excluding hydrogens is 314 g/mol. The number of carboxylic acids is 2. The molecule has 0 bridgehead atoms. The van der Waals surface area contributed by atoms with Gasteiger partial charge in [0.05, 0.1) is 0 Å². The lowest BCUT2D eigenvalue weighted by Gasteiger charge is -2.30. The molecule has 1 rings (SSSR count). The molecule has 7 nitrogen and oxygen atoms in total. The molecule has 1 aromatic rings. The van der Waals surface area contributed by atoms with E-state index in [0.29, 0.717) is 24.9 Å². The largest absolute Gasteiger partial charge is 0.481 e. The highest BCUT2D eigenvalue weighted by molar-refractivity contribution is 6.01. The van der Waals surface area contributed by atoms with Crippen molar-refractivity contribution in [2.24, 2.45) is 0 Å². The highest BCUT2D eigenvalue weighted by atomic mass is 16.4. The molecule has 1 amide bonds. The van der Waals surface area contributed by atoms with Gasteiger partial charge in [-0.15, -0.1) is 0 Å². The minimum atomic E-state index is -1.32. The van der Waals surface area contributed by atoms with Crippen LogP contribution in [-0.2, 0) is 14.4 Å². The van der Waals surface area contributed by atoms with Gasteiger partial charge in [0.15, 0.2) is 0 Å². The van der Waals surface area contributed by atoms with Crippen molar-refractivity contribution in [2.45, 2.75) is 51.2 Å². The lowest BCUT2D eigenvalue weighted by molar-refractivity contribution is -0.141. The van der Waals surface area contributed by atoms with Gasteiger partial charge >= 0.3 is 11.9 Å². The first-order valence-corrected chi connectivity index (χ1v) is 7.85. The number of rotatable bonds is 10. The van der Waals surface area contributed by atoms with Gasteiger partial charge in [-0.1, -0.05) is 31.0 Å². The van der Waals surface area contributed by atoms with Crippen LogP contribution in [0.25, 0.3) is 0 Å². The summed E-state index contributed by atoms with van der Waals surface area (Å²) in [5.41, 5.74) is 0.404. The maximum Gasteiger partial charge on any atom is 0.326 e. The fourth-order valence-electron chi connectivity index (χ4n) is 2.40. The number of hydrogen-bond donors (Lipinski definition) is 3. The van der Waals surface area contributed by atoms with Crippen LogP contribution in [0, 0.1) is 0 Å². The van der Waals surface area contributed by atoms with E-state index in [1.165, 1.54) is 6.92 Å². The second-order valence-corrected chi connectivity index (χ2v) is 5.57. The van der Waals surface area contributed by atoms with Crippen LogP contribution in [0.4, 0.5) is 5.69 Å². The quantitative estimate of drug-likeness (QED) is 0.562. The van der Waals surface area contributed by atoms with Gasteiger partial charge < -0.3 is 15.3 Å². The summed E-state index contributed by atoms with van der Waals surface area (Å²) in [5, 5.41) is 27.7. The third-order valence-electron chi connectivity index (χ3n) is 3.59. The molecule has 0 heterocycles. The van der Waals surface area contributed by atoms with Gasteiger partial charge in [-0.25, -0.2) is 4.79 Å². The third kappa shape index (κ3) is 6.00. The summed E-state index contributed by atoms with van der Waals surface area (Å²) in [7, 11) is 0. The molecule has 132 valence electrons. The van der Waals surface area contributed by atoms with Crippen LogP contribution in [0.5, 0.6) is 0 Å². The van der Waals surface area contributed by atoms with E-state index in [1.54, 1.807) is 30.3 Å². The topological polar surface area (TPSA) is 115 Å². The molecule has 0 aromatic heterocycles. The molecule has 1 aromatic carbocycles. The molecule has 24 heavy (non-hydrogen) atoms. The summed E-state index contributed by atoms with van der Waals surface area (Å²) >= 11 is 0. The van der Waals surface area contributed by atoms with Gasteiger partial charge in [0.25, 0.3) is 5.91 Å². The number of nitrogens with zero attached hydrogens (tertiary/aromatic N) is 1. The maximum absolute atomic E-state index is 12.3. The molecule has 0 radical (unpaired) electrons. The third-order valence-corrected chi connectivity index (χ3v) is 3.59. The Labute approximate surface area is 140 Å². The van der Waals surface area contributed by atoms with E-state index in [2.05, 4.69) is 0 Å². The van der Waals surface area contributed by atoms with Crippen LogP contribution in [0.3, 0.4) is 0 Å². The molecular formula is C17H23NO6. The number of aliphatic hydroxyl groups is 1. The van der Waals surface area contributed by atoms with E-state index >= 15 is 0 Å². The lowest BCUT2D eigenvalue weighted by Crippen LogP contribution is -2.49. The van der Waals surface area contributed by atoms with Crippen molar-refractivity contribution in [3.05, 3.63) is 30.3 Å². The van der Waals surface area contributed by atoms with Crippen molar-refractivity contribution in [2.75, 3.05) is 4.90 Å². The van der Waals surface area contributed by atoms with Gasteiger partial charge in [-0.05, 0) is 31.9 Å². The average molecular weight is 337 g/mol. The normalized spacial score (nSPS) is 13.1. The summed E-state index contributed by atoms with van der Waals surface area (Å²) in [4.78, 5) is 35.5. The van der Waals surface area contributed by atoms with Gasteiger partial charge in [0.2, 0.25) is 0 Å². The summed E-state index contributed by atoms with van der Waals surface area (Å²) in [6.45, 7) is 1.30. The van der Waals surface area contributed by atoms with Crippen LogP contribution in [-0.4, -0.2) is 45.3 Å². The van der Waals surface area contributed by atoms with E-state index < -0.39 is 30.0 Å². The monoisotopic (exact) mass is 337 g/mol. The summed E-state index contributed by atoms with van der Waals surface area (Å²) in [6.07, 6.45) is 0.383. The Morgan fingerprint density at radius 3 is 2.17 bits per heavy atom. The fourth-order valence-corrected chi connectivity index (χ4v) is 2.40. The number of aliphatic carboxylic acids is 2. The SMILES string of the molecule is CC(O)C(=O)N(c1ccccc1)C(CCCCCC(=O)O)C(=O)O. The minimum absolute atomic E-state index is 0.0345. The molecule has 0 aliphatic rings. The molecule has 0 spiro atoms.